The Balaban J connectivity index is 1.72. The van der Waals surface area contributed by atoms with Gasteiger partial charge in [0.15, 0.2) is 0 Å². The van der Waals surface area contributed by atoms with Crippen molar-refractivity contribution in [3.8, 4) is 0 Å². The van der Waals surface area contributed by atoms with Gasteiger partial charge in [0.1, 0.15) is 0 Å². The fraction of sp³-hybridized carbons (Fsp3) is 0.348. The van der Waals surface area contributed by atoms with Crippen LogP contribution in [0, 0.1) is 5.41 Å². The maximum Gasteiger partial charge on any atom is 0.237 e. The molecule has 3 aromatic rings. The lowest BCUT2D eigenvalue weighted by molar-refractivity contribution is -0.125. The molecule has 0 spiro atoms. The van der Waals surface area contributed by atoms with Crippen LogP contribution in [-0.2, 0) is 15.6 Å². The summed E-state index contributed by atoms with van der Waals surface area (Å²) in [6, 6.07) is 17.6. The second-order valence-corrected chi connectivity index (χ2v) is 8.59. The van der Waals surface area contributed by atoms with Gasteiger partial charge in [-0.25, -0.2) is 9.97 Å². The fourth-order valence-corrected chi connectivity index (χ4v) is 5.31. The van der Waals surface area contributed by atoms with E-state index in [1.54, 1.807) is 0 Å². The van der Waals surface area contributed by atoms with Gasteiger partial charge in [-0.2, -0.15) is 0 Å². The standard InChI is InChI=1S/C23H23N3O/c1-21(2)22(3)13-14-23(21,20(27)24-15-9-5-4-6-10-15)19-18(22)25-16-11-7-8-12-17(16)26-19/h4-12H,13-14H2,1-3H3,(H,24,27). The summed E-state index contributed by atoms with van der Waals surface area (Å²) in [5, 5.41) is 3.16. The number of nitrogens with zero attached hydrogens (tertiary/aromatic N) is 2. The molecule has 2 atom stereocenters. The van der Waals surface area contributed by atoms with E-state index in [2.05, 4.69) is 26.1 Å². The Bertz CT molecular complexity index is 1080. The summed E-state index contributed by atoms with van der Waals surface area (Å²) in [6.07, 6.45) is 1.75. The molecule has 2 aliphatic carbocycles. The highest BCUT2D eigenvalue weighted by atomic mass is 16.2. The Morgan fingerprint density at radius 1 is 0.852 bits per heavy atom. The van der Waals surface area contributed by atoms with Crippen molar-refractivity contribution in [1.82, 2.24) is 9.97 Å². The van der Waals surface area contributed by atoms with Crippen molar-refractivity contribution >= 4 is 22.6 Å². The molecule has 27 heavy (non-hydrogen) atoms. The summed E-state index contributed by atoms with van der Waals surface area (Å²) in [4.78, 5) is 23.7. The van der Waals surface area contributed by atoms with Gasteiger partial charge >= 0.3 is 0 Å². The summed E-state index contributed by atoms with van der Waals surface area (Å²) < 4.78 is 0. The molecule has 1 saturated carbocycles. The van der Waals surface area contributed by atoms with E-state index in [9.17, 15) is 4.79 Å². The first-order valence-electron chi connectivity index (χ1n) is 9.54. The molecule has 2 bridgehead atoms. The second kappa shape index (κ2) is 5.16. The summed E-state index contributed by atoms with van der Waals surface area (Å²) in [6.45, 7) is 6.66. The first kappa shape index (κ1) is 16.4. The number of anilines is 1. The Kier molecular flexibility index (Phi) is 3.14. The maximum atomic E-state index is 13.7. The van der Waals surface area contributed by atoms with E-state index in [1.165, 1.54) is 0 Å². The molecule has 2 aromatic carbocycles. The maximum absolute atomic E-state index is 13.7. The van der Waals surface area contributed by atoms with Crippen LogP contribution in [0.25, 0.3) is 11.0 Å². The molecule has 136 valence electrons. The van der Waals surface area contributed by atoms with Gasteiger partial charge in [0.25, 0.3) is 0 Å². The van der Waals surface area contributed by atoms with Crippen molar-refractivity contribution in [2.24, 2.45) is 5.41 Å². The largest absolute Gasteiger partial charge is 0.325 e. The molecule has 1 amide bonds. The van der Waals surface area contributed by atoms with E-state index in [-0.39, 0.29) is 16.7 Å². The Morgan fingerprint density at radius 3 is 2.11 bits per heavy atom. The van der Waals surface area contributed by atoms with E-state index in [1.807, 2.05) is 54.6 Å². The average Bonchev–Trinajstić information content (AvgIpc) is 2.97. The third kappa shape index (κ3) is 1.85. The van der Waals surface area contributed by atoms with Gasteiger partial charge in [0, 0.05) is 11.1 Å². The smallest absolute Gasteiger partial charge is 0.237 e. The van der Waals surface area contributed by atoms with Crippen molar-refractivity contribution in [3.63, 3.8) is 0 Å². The van der Waals surface area contributed by atoms with Gasteiger partial charge in [-0.05, 0) is 42.5 Å². The highest BCUT2D eigenvalue weighted by Gasteiger charge is 2.73. The number of aromatic nitrogens is 2. The summed E-state index contributed by atoms with van der Waals surface area (Å²) in [7, 11) is 0. The van der Waals surface area contributed by atoms with Crippen LogP contribution in [-0.4, -0.2) is 15.9 Å². The average molecular weight is 357 g/mol. The molecule has 0 saturated heterocycles. The van der Waals surface area contributed by atoms with E-state index in [4.69, 9.17) is 9.97 Å². The van der Waals surface area contributed by atoms with Crippen molar-refractivity contribution in [2.75, 3.05) is 5.32 Å². The third-order valence-corrected chi connectivity index (χ3v) is 7.36. The summed E-state index contributed by atoms with van der Waals surface area (Å²) in [5.41, 5.74) is 3.36. The predicted molar refractivity (Wildman–Crippen MR) is 107 cm³/mol. The van der Waals surface area contributed by atoms with Crippen molar-refractivity contribution in [2.45, 2.75) is 44.4 Å². The van der Waals surface area contributed by atoms with Crippen LogP contribution in [0.2, 0.25) is 0 Å². The number of carbonyl (C=O) groups excluding carboxylic acids is 1. The molecular formula is C23H23N3O. The van der Waals surface area contributed by atoms with E-state index in [0.717, 1.165) is 41.0 Å². The highest BCUT2D eigenvalue weighted by Crippen LogP contribution is 2.70. The molecule has 0 radical (unpaired) electrons. The minimum Gasteiger partial charge on any atom is -0.325 e. The molecule has 0 aliphatic heterocycles. The molecule has 5 rings (SSSR count). The Labute approximate surface area is 159 Å². The van der Waals surface area contributed by atoms with Crippen LogP contribution in [0.5, 0.6) is 0 Å². The normalized spacial score (nSPS) is 27.5. The van der Waals surface area contributed by atoms with Gasteiger partial charge in [0.2, 0.25) is 5.91 Å². The number of fused-ring (bicyclic) bond motifs is 6. The van der Waals surface area contributed by atoms with Gasteiger partial charge in [-0.3, -0.25) is 4.79 Å². The van der Waals surface area contributed by atoms with Crippen LogP contribution in [0.15, 0.2) is 54.6 Å². The zero-order valence-corrected chi connectivity index (χ0v) is 15.9. The van der Waals surface area contributed by atoms with E-state index in [0.29, 0.717) is 0 Å². The zero-order valence-electron chi connectivity index (χ0n) is 15.9. The summed E-state index contributed by atoms with van der Waals surface area (Å²) >= 11 is 0. The molecule has 4 nitrogen and oxygen atoms in total. The lowest BCUT2D eigenvalue weighted by atomic mass is 9.63. The molecule has 2 unspecified atom stereocenters. The summed E-state index contributed by atoms with van der Waals surface area (Å²) in [5.74, 6) is 0.0331. The van der Waals surface area contributed by atoms with Crippen LogP contribution in [0.4, 0.5) is 5.69 Å². The molecule has 2 aliphatic rings. The number of hydrogen-bond donors (Lipinski definition) is 1. The fourth-order valence-electron chi connectivity index (χ4n) is 5.31. The first-order valence-corrected chi connectivity index (χ1v) is 9.54. The molecule has 4 heteroatoms. The van der Waals surface area contributed by atoms with Crippen molar-refractivity contribution < 1.29 is 4.79 Å². The molecule has 1 aromatic heterocycles. The van der Waals surface area contributed by atoms with Gasteiger partial charge in [-0.15, -0.1) is 0 Å². The zero-order chi connectivity index (χ0) is 18.9. The number of carbonyl (C=O) groups is 1. The first-order chi connectivity index (χ1) is 12.9. The minimum atomic E-state index is -0.663. The monoisotopic (exact) mass is 357 g/mol. The Hall–Kier alpha value is -2.75. The van der Waals surface area contributed by atoms with Gasteiger partial charge in [0.05, 0.1) is 27.8 Å². The second-order valence-electron chi connectivity index (χ2n) is 8.59. The van der Waals surface area contributed by atoms with Crippen LogP contribution in [0.3, 0.4) is 0 Å². The number of benzene rings is 2. The third-order valence-electron chi connectivity index (χ3n) is 7.36. The topological polar surface area (TPSA) is 54.9 Å². The van der Waals surface area contributed by atoms with Gasteiger partial charge in [-0.1, -0.05) is 51.1 Å². The highest BCUT2D eigenvalue weighted by molar-refractivity contribution is 6.02. The number of rotatable bonds is 2. The molecular weight excluding hydrogens is 334 g/mol. The molecule has 1 N–H and O–H groups in total. The Morgan fingerprint density at radius 2 is 1.44 bits per heavy atom. The van der Waals surface area contributed by atoms with Crippen molar-refractivity contribution in [3.05, 3.63) is 66.0 Å². The quantitative estimate of drug-likeness (QED) is 0.729. The van der Waals surface area contributed by atoms with Gasteiger partial charge < -0.3 is 5.32 Å². The predicted octanol–water partition coefficient (Wildman–Crippen LogP) is 4.60. The van der Waals surface area contributed by atoms with Crippen LogP contribution < -0.4 is 5.32 Å². The lowest BCUT2D eigenvalue weighted by Gasteiger charge is -2.39. The van der Waals surface area contributed by atoms with Crippen LogP contribution >= 0.6 is 0 Å². The number of nitrogens with one attached hydrogen (secondary N) is 1. The lowest BCUT2D eigenvalue weighted by Crippen LogP contribution is -2.48. The van der Waals surface area contributed by atoms with E-state index >= 15 is 0 Å². The molecule has 1 heterocycles. The van der Waals surface area contributed by atoms with E-state index < -0.39 is 5.41 Å². The number of hydrogen-bond acceptors (Lipinski definition) is 3. The minimum absolute atomic E-state index is 0.0331. The number of amides is 1. The van der Waals surface area contributed by atoms with Crippen LogP contribution in [0.1, 0.15) is 45.0 Å². The SMILES string of the molecule is CC12CCC(C(=O)Nc3ccccc3)(c3nc4ccccc4nc31)C2(C)C. The number of para-hydroxylation sites is 3. The van der Waals surface area contributed by atoms with Crippen molar-refractivity contribution in [1.29, 1.82) is 0 Å². The molecule has 1 fully saturated rings.